The van der Waals surface area contributed by atoms with Gasteiger partial charge in [-0.2, -0.15) is 0 Å². The Bertz CT molecular complexity index is 267. The van der Waals surface area contributed by atoms with Gasteiger partial charge in [0.05, 0.1) is 20.1 Å². The van der Waals surface area contributed by atoms with Gasteiger partial charge in [0.25, 0.3) is 0 Å². The van der Waals surface area contributed by atoms with Crippen LogP contribution in [0.3, 0.4) is 0 Å². The first-order valence-corrected chi connectivity index (χ1v) is 4.76. The maximum atomic E-state index is 11.2. The van der Waals surface area contributed by atoms with Gasteiger partial charge in [0.2, 0.25) is 5.91 Å². The summed E-state index contributed by atoms with van der Waals surface area (Å²) >= 11 is 0. The fourth-order valence-electron chi connectivity index (χ4n) is 0.937. The molecule has 0 aliphatic heterocycles. The Morgan fingerprint density at radius 1 is 1.31 bits per heavy atom. The first kappa shape index (κ1) is 14.4. The number of amides is 3. The summed E-state index contributed by atoms with van der Waals surface area (Å²) in [5.74, 6) is -0.759. The molecule has 0 aromatic carbocycles. The van der Waals surface area contributed by atoms with Gasteiger partial charge < -0.3 is 10.1 Å². The van der Waals surface area contributed by atoms with E-state index < -0.39 is 11.9 Å². The number of imide groups is 1. The van der Waals surface area contributed by atoms with Crippen molar-refractivity contribution in [3.05, 3.63) is 0 Å². The maximum Gasteiger partial charge on any atom is 0.321 e. The van der Waals surface area contributed by atoms with Crippen LogP contribution < -0.4 is 10.6 Å². The van der Waals surface area contributed by atoms with Crippen molar-refractivity contribution in [3.8, 4) is 0 Å². The molecule has 7 heteroatoms. The lowest BCUT2D eigenvalue weighted by molar-refractivity contribution is -0.141. The minimum atomic E-state index is -0.550. The molecule has 0 aromatic rings. The van der Waals surface area contributed by atoms with Crippen LogP contribution >= 0.6 is 0 Å². The number of nitrogens with one attached hydrogen (secondary N) is 2. The molecule has 7 nitrogen and oxygen atoms in total. The van der Waals surface area contributed by atoms with Gasteiger partial charge in [0, 0.05) is 13.6 Å². The quantitative estimate of drug-likeness (QED) is 0.589. The highest BCUT2D eigenvalue weighted by Crippen LogP contribution is 1.89. The minimum absolute atomic E-state index is 0.0460. The molecule has 3 amide bonds. The average Bonchev–Trinajstić information content (AvgIpc) is 2.25. The van der Waals surface area contributed by atoms with Crippen LogP contribution in [0.15, 0.2) is 0 Å². The Hall–Kier alpha value is -1.63. The van der Waals surface area contributed by atoms with Gasteiger partial charge in [-0.15, -0.1) is 0 Å². The summed E-state index contributed by atoms with van der Waals surface area (Å²) in [5, 5.41) is 4.38. The van der Waals surface area contributed by atoms with E-state index in [-0.39, 0.29) is 18.9 Å². The van der Waals surface area contributed by atoms with Crippen LogP contribution in [0.2, 0.25) is 0 Å². The van der Waals surface area contributed by atoms with Crippen LogP contribution in [0.1, 0.15) is 6.42 Å². The summed E-state index contributed by atoms with van der Waals surface area (Å²) in [6.45, 7) is 0.443. The Morgan fingerprint density at radius 3 is 2.44 bits per heavy atom. The number of hydrogen-bond donors (Lipinski definition) is 2. The van der Waals surface area contributed by atoms with Crippen molar-refractivity contribution in [3.63, 3.8) is 0 Å². The highest BCUT2D eigenvalue weighted by Gasteiger charge is 2.10. The number of esters is 1. The molecule has 2 N–H and O–H groups in total. The van der Waals surface area contributed by atoms with Crippen molar-refractivity contribution < 1.29 is 19.1 Å². The van der Waals surface area contributed by atoms with Crippen LogP contribution in [0, 0.1) is 0 Å². The lowest BCUT2D eigenvalue weighted by atomic mass is 10.4. The molecular weight excluding hydrogens is 214 g/mol. The van der Waals surface area contributed by atoms with E-state index in [0.717, 1.165) is 0 Å². The molecule has 0 unspecified atom stereocenters. The third kappa shape index (κ3) is 6.77. The number of urea groups is 1. The number of nitrogens with zero attached hydrogens (tertiary/aromatic N) is 1. The lowest BCUT2D eigenvalue weighted by Crippen LogP contribution is -2.42. The van der Waals surface area contributed by atoms with Crippen molar-refractivity contribution in [2.45, 2.75) is 6.42 Å². The van der Waals surface area contributed by atoms with E-state index in [9.17, 15) is 14.4 Å². The maximum absolute atomic E-state index is 11.2. The molecule has 0 saturated carbocycles. The van der Waals surface area contributed by atoms with E-state index in [0.29, 0.717) is 6.54 Å². The van der Waals surface area contributed by atoms with Crippen molar-refractivity contribution in [1.82, 2.24) is 15.5 Å². The molecule has 92 valence electrons. The van der Waals surface area contributed by atoms with E-state index in [1.54, 1.807) is 11.9 Å². The van der Waals surface area contributed by atoms with E-state index in [2.05, 4.69) is 15.4 Å². The molecule has 0 radical (unpaired) electrons. The van der Waals surface area contributed by atoms with Gasteiger partial charge in [-0.25, -0.2) is 4.79 Å². The molecule has 16 heavy (non-hydrogen) atoms. The first-order chi connectivity index (χ1) is 7.49. The normalized spacial score (nSPS) is 9.75. The molecule has 0 heterocycles. The topological polar surface area (TPSA) is 87.7 Å². The number of carbonyl (C=O) groups excluding carboxylic acids is 3. The number of likely N-dealkylation sites (N-methyl/N-ethyl adjacent to an activating group) is 1. The lowest BCUT2D eigenvalue weighted by Gasteiger charge is -2.14. The van der Waals surface area contributed by atoms with Crippen LogP contribution in [0.25, 0.3) is 0 Å². The van der Waals surface area contributed by atoms with Gasteiger partial charge in [0.15, 0.2) is 0 Å². The fraction of sp³-hybridized carbons (Fsp3) is 0.667. The monoisotopic (exact) mass is 231 g/mol. The summed E-state index contributed by atoms with van der Waals surface area (Å²) in [7, 11) is 4.40. The Morgan fingerprint density at radius 2 is 1.94 bits per heavy atom. The van der Waals surface area contributed by atoms with Crippen molar-refractivity contribution in [2.24, 2.45) is 0 Å². The molecular formula is C9H17N3O4. The Labute approximate surface area is 94.1 Å². The fourth-order valence-corrected chi connectivity index (χ4v) is 0.937. The summed E-state index contributed by atoms with van der Waals surface area (Å²) in [6, 6.07) is -0.550. The second-order valence-electron chi connectivity index (χ2n) is 3.19. The third-order valence-corrected chi connectivity index (χ3v) is 1.82. The Kier molecular flexibility index (Phi) is 6.86. The summed E-state index contributed by atoms with van der Waals surface area (Å²) in [4.78, 5) is 34.4. The number of carbonyl (C=O) groups is 3. The molecule has 0 rings (SSSR count). The molecule has 0 bridgehead atoms. The number of ether oxygens (including phenoxy) is 1. The van der Waals surface area contributed by atoms with E-state index in [4.69, 9.17) is 0 Å². The zero-order valence-electron chi connectivity index (χ0n) is 9.70. The number of hydrogen-bond acceptors (Lipinski definition) is 5. The smallest absolute Gasteiger partial charge is 0.321 e. The summed E-state index contributed by atoms with van der Waals surface area (Å²) < 4.78 is 4.46. The van der Waals surface area contributed by atoms with Crippen molar-refractivity contribution >= 4 is 17.9 Å². The van der Waals surface area contributed by atoms with Gasteiger partial charge in [-0.3, -0.25) is 19.8 Å². The van der Waals surface area contributed by atoms with Gasteiger partial charge in [0.1, 0.15) is 0 Å². The standard InChI is InChI=1S/C9H17N3O4/c1-10-9(15)11-7(13)6-12(2)5-4-8(14)16-3/h4-6H2,1-3H3,(H2,10,11,13,15). The van der Waals surface area contributed by atoms with Crippen molar-refractivity contribution in [2.75, 3.05) is 34.3 Å². The van der Waals surface area contributed by atoms with Crippen LogP contribution in [0.5, 0.6) is 0 Å². The van der Waals surface area contributed by atoms with E-state index in [1.807, 2.05) is 0 Å². The molecule has 0 aliphatic carbocycles. The van der Waals surface area contributed by atoms with E-state index >= 15 is 0 Å². The Balaban J connectivity index is 3.78. The largest absolute Gasteiger partial charge is 0.469 e. The molecule has 0 saturated heterocycles. The van der Waals surface area contributed by atoms with Gasteiger partial charge in [-0.05, 0) is 7.05 Å². The SMILES string of the molecule is CNC(=O)NC(=O)CN(C)CCC(=O)OC. The molecule has 0 aromatic heterocycles. The number of rotatable bonds is 5. The van der Waals surface area contributed by atoms with Gasteiger partial charge >= 0.3 is 12.0 Å². The predicted octanol–water partition coefficient (Wildman–Crippen LogP) is -1.06. The number of methoxy groups -OCH3 is 1. The van der Waals surface area contributed by atoms with Crippen LogP contribution in [0.4, 0.5) is 4.79 Å². The van der Waals surface area contributed by atoms with Gasteiger partial charge in [-0.1, -0.05) is 0 Å². The summed E-state index contributed by atoms with van der Waals surface area (Å²) in [5.41, 5.74) is 0. The first-order valence-electron chi connectivity index (χ1n) is 4.76. The second kappa shape index (κ2) is 7.63. The highest BCUT2D eigenvalue weighted by atomic mass is 16.5. The molecule has 0 fully saturated rings. The highest BCUT2D eigenvalue weighted by molar-refractivity contribution is 5.95. The van der Waals surface area contributed by atoms with Crippen molar-refractivity contribution in [1.29, 1.82) is 0 Å². The van der Waals surface area contributed by atoms with Crippen LogP contribution in [-0.4, -0.2) is 57.1 Å². The average molecular weight is 231 g/mol. The summed E-state index contributed by atoms with van der Waals surface area (Å²) in [6.07, 6.45) is 0.209. The molecule has 0 atom stereocenters. The van der Waals surface area contributed by atoms with E-state index in [1.165, 1.54) is 14.2 Å². The zero-order chi connectivity index (χ0) is 12.6. The third-order valence-electron chi connectivity index (χ3n) is 1.82. The minimum Gasteiger partial charge on any atom is -0.469 e. The second-order valence-corrected chi connectivity index (χ2v) is 3.19. The molecule has 0 aliphatic rings. The zero-order valence-corrected chi connectivity index (χ0v) is 9.70. The van der Waals surface area contributed by atoms with Crippen LogP contribution in [-0.2, 0) is 14.3 Å². The predicted molar refractivity (Wildman–Crippen MR) is 56.7 cm³/mol. The molecule has 0 spiro atoms.